The van der Waals surface area contributed by atoms with E-state index in [1.807, 2.05) is 6.92 Å². The molecule has 1 fully saturated rings. The van der Waals surface area contributed by atoms with Gasteiger partial charge in [-0.1, -0.05) is 60.3 Å². The van der Waals surface area contributed by atoms with E-state index in [-0.39, 0.29) is 70.6 Å². The van der Waals surface area contributed by atoms with Crippen LogP contribution in [0.4, 0.5) is 0 Å². The summed E-state index contributed by atoms with van der Waals surface area (Å²) < 4.78 is 11.2. The van der Waals surface area contributed by atoms with Gasteiger partial charge in [0.2, 0.25) is 88.6 Å². The zero-order valence-corrected chi connectivity index (χ0v) is 64.0. The van der Waals surface area contributed by atoms with E-state index in [0.717, 1.165) is 43.0 Å². The summed E-state index contributed by atoms with van der Waals surface area (Å²) in [7, 11) is 2.39. The second-order valence-corrected chi connectivity index (χ2v) is 27.7. The van der Waals surface area contributed by atoms with Gasteiger partial charge in [0.25, 0.3) is 0 Å². The first-order valence-corrected chi connectivity index (χ1v) is 36.7. The predicted molar refractivity (Wildman–Crippen MR) is 387 cm³/mol. The van der Waals surface area contributed by atoms with Crippen LogP contribution in [-0.2, 0) is 95.8 Å². The molecule has 109 heavy (non-hydrogen) atoms. The number of rotatable bonds is 54. The van der Waals surface area contributed by atoms with Crippen LogP contribution in [0.2, 0.25) is 0 Å². The van der Waals surface area contributed by atoms with Crippen LogP contribution in [0.15, 0.2) is 0 Å². The molecule has 0 aliphatic carbocycles. The number of carboxylic acids is 2. The number of ether oxygens (including phenoxy) is 2. The zero-order valence-electron chi connectivity index (χ0n) is 64.0. The molecule has 618 valence electrons. The Morgan fingerprint density at radius 3 is 1.65 bits per heavy atom. The number of carbonyl (C=O) groups is 18. The molecule has 1 heterocycles. The predicted octanol–water partition coefficient (Wildman–Crippen LogP) is -5.06. The van der Waals surface area contributed by atoms with Gasteiger partial charge in [0.15, 0.2) is 6.10 Å². The second-order valence-electron chi connectivity index (χ2n) is 27.7. The number of piperidine rings is 1. The average Bonchev–Trinajstić information content (AvgIpc) is 0.816. The minimum atomic E-state index is -2.28. The summed E-state index contributed by atoms with van der Waals surface area (Å²) in [4.78, 5) is 245. The molecule has 0 aromatic carbocycles. The van der Waals surface area contributed by atoms with E-state index in [1.54, 1.807) is 13.8 Å². The third-order valence-corrected chi connectivity index (χ3v) is 18.1. The molecule has 1 saturated heterocycles. The number of carboxylic acid groups (broad SMARTS) is 2. The summed E-state index contributed by atoms with van der Waals surface area (Å²) in [6, 6.07) is -17.5. The Bertz CT molecular complexity index is 3120. The van der Waals surface area contributed by atoms with Crippen LogP contribution in [0.5, 0.6) is 0 Å². The Hall–Kier alpha value is -9.70. The van der Waals surface area contributed by atoms with Crippen LogP contribution >= 0.6 is 0 Å². The first kappa shape index (κ1) is 97.3. The lowest BCUT2D eigenvalue weighted by molar-refractivity contribution is -0.164. The van der Waals surface area contributed by atoms with Gasteiger partial charge in [0, 0.05) is 52.4 Å². The van der Waals surface area contributed by atoms with Crippen molar-refractivity contribution in [1.82, 2.24) is 57.7 Å². The fourth-order valence-corrected chi connectivity index (χ4v) is 12.0. The smallest absolute Gasteiger partial charge is 0.329 e. The van der Waals surface area contributed by atoms with Crippen molar-refractivity contribution in [3.63, 3.8) is 0 Å². The van der Waals surface area contributed by atoms with Crippen molar-refractivity contribution in [1.29, 1.82) is 0 Å². The van der Waals surface area contributed by atoms with Gasteiger partial charge in [-0.3, -0.25) is 81.5 Å². The number of nitrogens with zero attached hydrogens (tertiary/aromatic N) is 2. The Morgan fingerprint density at radius 1 is 0.541 bits per heavy atom. The number of likely N-dealkylation sites (tertiary alicyclic amines) is 1. The molecule has 0 aromatic rings. The second kappa shape index (κ2) is 50.1. The summed E-state index contributed by atoms with van der Waals surface area (Å²) in [6.07, 6.45) is -7.65. The number of aliphatic hydroxyl groups is 2. The molecule has 0 bridgehead atoms. The monoisotopic (exact) mass is 1550 g/mol. The number of amides is 15. The lowest BCUT2D eigenvalue weighted by atomic mass is 9.87. The fraction of sp³-hybridized carbons (Fsp3) is 0.739. The van der Waals surface area contributed by atoms with Crippen LogP contribution < -0.4 is 76.5 Å². The van der Waals surface area contributed by atoms with Crippen LogP contribution in [0.3, 0.4) is 0 Å². The largest absolute Gasteiger partial charge is 0.481 e. The van der Waals surface area contributed by atoms with E-state index in [0.29, 0.717) is 25.7 Å². The number of aliphatic carboxylic acids is 2. The van der Waals surface area contributed by atoms with E-state index >= 15 is 0 Å². The Labute approximate surface area is 633 Å². The van der Waals surface area contributed by atoms with Gasteiger partial charge in [-0.2, -0.15) is 0 Å². The highest BCUT2D eigenvalue weighted by Crippen LogP contribution is 2.24. The van der Waals surface area contributed by atoms with E-state index in [1.165, 1.54) is 34.7 Å². The molecule has 23 N–H and O–H groups in total. The molecule has 0 spiro atoms. The number of nitrogens with one attached hydrogen (secondary N) is 9. The summed E-state index contributed by atoms with van der Waals surface area (Å²) in [6.45, 7) is 11.5. The summed E-state index contributed by atoms with van der Waals surface area (Å²) in [5, 5.41) is 62.6. The van der Waals surface area contributed by atoms with Gasteiger partial charge in [0.1, 0.15) is 60.5 Å². The van der Waals surface area contributed by atoms with Gasteiger partial charge >= 0.3 is 17.9 Å². The Kier molecular flexibility index (Phi) is 44.7. The molecule has 40 heteroatoms. The Balaban J connectivity index is 3.78. The third-order valence-electron chi connectivity index (χ3n) is 18.1. The summed E-state index contributed by atoms with van der Waals surface area (Å²) in [5.41, 5.74) is 28.0. The normalized spacial score (nSPS) is 16.9. The average molecular weight is 1560 g/mol. The van der Waals surface area contributed by atoms with E-state index in [2.05, 4.69) is 47.9 Å². The highest BCUT2D eigenvalue weighted by atomic mass is 16.5. The maximum atomic E-state index is 14.8. The van der Waals surface area contributed by atoms with Gasteiger partial charge in [-0.05, 0) is 103 Å². The first-order chi connectivity index (χ1) is 51.1. The van der Waals surface area contributed by atoms with Crippen LogP contribution in [0, 0.1) is 17.8 Å². The number of aliphatic hydroxyl groups excluding tert-OH is 2. The molecule has 1 aliphatic heterocycles. The van der Waals surface area contributed by atoms with Crippen molar-refractivity contribution in [2.45, 2.75) is 275 Å². The first-order valence-electron chi connectivity index (χ1n) is 36.7. The third kappa shape index (κ3) is 35.5. The number of hydrogen-bond acceptors (Lipinski definition) is 23. The molecule has 0 saturated carbocycles. The standard InChI is InChI=1S/C69H118N16O24/c1-11-13-14-15-16-23-50(90)77-42(32-53(93)94)63(101)78-40(24-26-48(71)88)47(87)34-52(92)81-55(37(6)38(7)61(99)75-9)65(103)82-56(59(73)97)39(8)109-69(107)46-22-18-20-29-85(46)68(106)44(33-54(95)96)80-66(104)57(58(60(74)98)108-12-2)83-64(102)45(25-27-49(72)89)84(10)67(105)43(30-35(3)4)79-62(100)41(21-17-19-28-70)76-51(91)31-36(5)86/h35-47,55-58,86-87H,11-34,70H2,1-10H3,(H2,71,88)(H2,72,89)(H2,73,97)(H2,74,98)(H,75,99)(H,76,91)(H,77,90)(H,78,101)(H,79,100)(H,80,104)(H,81,92)(H,82,103)(H,83,102)(H,93,94)(H,95,96). The van der Waals surface area contributed by atoms with E-state index < -0.39 is 248 Å². The lowest BCUT2D eigenvalue weighted by Gasteiger charge is -2.37. The number of unbranched alkanes of at least 4 members (excludes halogenated alkanes) is 5. The topological polar surface area (TPSA) is 651 Å². The van der Waals surface area contributed by atoms with Crippen molar-refractivity contribution in [2.24, 2.45) is 46.4 Å². The number of esters is 1. The molecule has 0 aromatic heterocycles. The van der Waals surface area contributed by atoms with Crippen LogP contribution in [0.25, 0.3) is 0 Å². The zero-order chi connectivity index (χ0) is 83.1. The molecule has 16 atom stereocenters. The molecule has 16 unspecified atom stereocenters. The number of likely N-dealkylation sites (N-methyl/N-ethyl adjacent to an activating group) is 1. The minimum Gasteiger partial charge on any atom is -0.481 e. The highest BCUT2D eigenvalue weighted by molar-refractivity contribution is 6.01. The molecule has 1 aliphatic rings. The van der Waals surface area contributed by atoms with Gasteiger partial charge in [-0.25, -0.2) is 4.79 Å². The lowest BCUT2D eigenvalue weighted by Crippen LogP contribution is -2.64. The SMILES string of the molecule is CCCCCCCC(=O)NC(CC(=O)O)C(=O)NC(CCC(N)=O)C(O)CC(=O)NC(C(=O)NC(C(N)=O)C(C)OC(=O)C1CCCCN1C(=O)C(CC(=O)O)NC(=O)C(NC(=O)C(CCC(N)=O)N(C)C(=O)C(CC(C)C)NC(=O)C(CCCCN)NC(=O)CC(C)O)C(OCC)C(N)=O)C(C)C(C)C(=O)NC. The summed E-state index contributed by atoms with van der Waals surface area (Å²) >= 11 is 0. The molecule has 0 radical (unpaired) electrons. The van der Waals surface area contributed by atoms with Crippen LogP contribution in [0.1, 0.15) is 190 Å². The van der Waals surface area contributed by atoms with Gasteiger partial charge < -0.3 is 116 Å². The minimum absolute atomic E-state index is 0.0398. The number of hydrogen-bond donors (Lipinski definition) is 18. The maximum Gasteiger partial charge on any atom is 0.329 e. The molecule has 1 rings (SSSR count). The van der Waals surface area contributed by atoms with Crippen molar-refractivity contribution in [3.05, 3.63) is 0 Å². The van der Waals surface area contributed by atoms with Crippen molar-refractivity contribution >= 4 is 107 Å². The quantitative estimate of drug-likeness (QED) is 0.0200. The number of nitrogens with two attached hydrogens (primary N) is 5. The molecule has 40 nitrogen and oxygen atoms in total. The molecular formula is C69H118N16O24. The van der Waals surface area contributed by atoms with E-state index in [4.69, 9.17) is 38.1 Å². The molecule has 15 amide bonds. The van der Waals surface area contributed by atoms with Gasteiger partial charge in [-0.15, -0.1) is 0 Å². The van der Waals surface area contributed by atoms with Gasteiger partial charge in [0.05, 0.1) is 43.9 Å². The van der Waals surface area contributed by atoms with Crippen molar-refractivity contribution in [3.8, 4) is 0 Å². The van der Waals surface area contributed by atoms with E-state index in [9.17, 15) is 107 Å². The van der Waals surface area contributed by atoms with Crippen molar-refractivity contribution < 1.29 is 116 Å². The number of carbonyl (C=O) groups excluding carboxylic acids is 16. The summed E-state index contributed by atoms with van der Waals surface area (Å²) in [5.74, 6) is -23.0. The van der Waals surface area contributed by atoms with Crippen LogP contribution in [-0.4, -0.2) is 255 Å². The number of primary amides is 4. The molecular weight excluding hydrogens is 1440 g/mol. The van der Waals surface area contributed by atoms with Crippen molar-refractivity contribution in [2.75, 3.05) is 33.8 Å². The highest BCUT2D eigenvalue weighted by Gasteiger charge is 2.45. The maximum absolute atomic E-state index is 14.8. The Morgan fingerprint density at radius 2 is 1.10 bits per heavy atom. The fourth-order valence-electron chi connectivity index (χ4n) is 12.0.